The van der Waals surface area contributed by atoms with Crippen LogP contribution in [-0.4, -0.2) is 9.13 Å². The fourth-order valence-electron chi connectivity index (χ4n) is 17.3. The minimum Gasteiger partial charge on any atom is -0.309 e. The first kappa shape index (κ1) is 60.1. The molecular formula is C94H61N3O2P2S. The Bertz CT molecular complexity index is 6680. The third-order valence-electron chi connectivity index (χ3n) is 21.9. The monoisotopic (exact) mass is 1360 g/mol. The summed E-state index contributed by atoms with van der Waals surface area (Å²) in [5, 5.41) is 24.2. The van der Waals surface area contributed by atoms with Crippen LogP contribution >= 0.6 is 25.6 Å². The lowest BCUT2D eigenvalue weighted by molar-refractivity contribution is 0.592. The van der Waals surface area contributed by atoms with Crippen LogP contribution in [0.1, 0.15) is 30.5 Å². The van der Waals surface area contributed by atoms with Gasteiger partial charge in [0.1, 0.15) is 0 Å². The predicted octanol–water partition coefficient (Wildman–Crippen LogP) is 22.4. The van der Waals surface area contributed by atoms with Crippen LogP contribution in [0.5, 0.6) is 0 Å². The molecule has 15 aromatic carbocycles. The van der Waals surface area contributed by atoms with E-state index in [9.17, 15) is 5.26 Å². The van der Waals surface area contributed by atoms with Crippen molar-refractivity contribution in [2.45, 2.75) is 19.3 Å². The molecule has 0 bridgehead atoms. The van der Waals surface area contributed by atoms with Gasteiger partial charge in [-0.25, -0.2) is 0 Å². The van der Waals surface area contributed by atoms with Crippen molar-refractivity contribution in [3.05, 3.63) is 350 Å². The number of nitriles is 1. The fourth-order valence-corrected chi connectivity index (χ4v) is 24.9. The summed E-state index contributed by atoms with van der Waals surface area (Å²) in [6.07, 6.45) is 0. The lowest BCUT2D eigenvalue weighted by Crippen LogP contribution is -2.21. The summed E-state index contributed by atoms with van der Waals surface area (Å²) in [5.41, 5.74) is 20.9. The van der Waals surface area contributed by atoms with Gasteiger partial charge in [0.05, 0.1) is 39.4 Å². The summed E-state index contributed by atoms with van der Waals surface area (Å²) in [5.74, 6) is 0. The van der Waals surface area contributed by atoms with Crippen LogP contribution in [0, 0.1) is 11.3 Å². The minimum absolute atomic E-state index is 0.263. The van der Waals surface area contributed by atoms with Crippen LogP contribution in [-0.2, 0) is 14.5 Å². The molecule has 3 aromatic heterocycles. The highest BCUT2D eigenvalue weighted by atomic mass is 32.1. The summed E-state index contributed by atoms with van der Waals surface area (Å²) in [6.45, 7) is 4.55. The molecule has 5 nitrogen and oxygen atoms in total. The van der Waals surface area contributed by atoms with Crippen LogP contribution in [0.3, 0.4) is 0 Å². The average molecular weight is 1360 g/mol. The molecule has 0 saturated heterocycles. The number of benzene rings is 15. The molecule has 0 amide bonds. The van der Waals surface area contributed by atoms with Gasteiger partial charge in [-0.1, -0.05) is 281 Å². The zero-order valence-corrected chi connectivity index (χ0v) is 58.3. The van der Waals surface area contributed by atoms with Gasteiger partial charge in [-0.15, -0.1) is 11.3 Å². The van der Waals surface area contributed by atoms with Gasteiger partial charge in [0.25, 0.3) is 0 Å². The largest absolute Gasteiger partial charge is 0.309 e. The quantitative estimate of drug-likeness (QED) is 0.118. The highest BCUT2D eigenvalue weighted by Gasteiger charge is 2.45. The summed E-state index contributed by atoms with van der Waals surface area (Å²) >= 11 is 1.81. The van der Waals surface area contributed by atoms with Gasteiger partial charge in [0.15, 0.2) is 14.3 Å². The molecule has 0 saturated carbocycles. The Morgan fingerprint density at radius 1 is 0.343 bits per heavy atom. The predicted molar refractivity (Wildman–Crippen MR) is 430 cm³/mol. The molecule has 1 aliphatic carbocycles. The first-order valence-corrected chi connectivity index (χ1v) is 38.9. The second-order valence-corrected chi connectivity index (χ2v) is 33.9. The zero-order valence-electron chi connectivity index (χ0n) is 55.7. The van der Waals surface area contributed by atoms with Crippen molar-refractivity contribution < 1.29 is 9.13 Å². The van der Waals surface area contributed by atoms with E-state index in [1.54, 1.807) is 0 Å². The number of hydrogen-bond donors (Lipinski definition) is 0. The maximum Gasteiger partial charge on any atom is 0.172 e. The van der Waals surface area contributed by atoms with Crippen molar-refractivity contribution in [1.82, 2.24) is 9.13 Å². The van der Waals surface area contributed by atoms with Crippen molar-refractivity contribution in [3.8, 4) is 82.8 Å². The number of hydrogen-bond acceptors (Lipinski definition) is 4. The van der Waals surface area contributed by atoms with Gasteiger partial charge < -0.3 is 18.3 Å². The van der Waals surface area contributed by atoms with Crippen LogP contribution in [0.2, 0.25) is 0 Å². The maximum absolute atomic E-state index is 16.1. The number of para-hydroxylation sites is 2. The van der Waals surface area contributed by atoms with E-state index < -0.39 is 14.3 Å². The van der Waals surface area contributed by atoms with E-state index in [4.69, 9.17) is 0 Å². The zero-order chi connectivity index (χ0) is 68.2. The highest BCUT2D eigenvalue weighted by Crippen LogP contribution is 2.58. The molecule has 3 aliphatic rings. The van der Waals surface area contributed by atoms with Crippen molar-refractivity contribution in [2.75, 3.05) is 0 Å². The summed E-state index contributed by atoms with van der Waals surface area (Å²) in [4.78, 5) is 2.52. The smallest absolute Gasteiger partial charge is 0.172 e. The molecule has 2 aliphatic heterocycles. The lowest BCUT2D eigenvalue weighted by Gasteiger charge is -2.23. The Hall–Kier alpha value is -11.9. The average Bonchev–Trinajstić information content (AvgIpc) is 1.52. The Morgan fingerprint density at radius 2 is 0.755 bits per heavy atom. The minimum atomic E-state index is -3.25. The van der Waals surface area contributed by atoms with E-state index in [-0.39, 0.29) is 5.41 Å². The molecule has 21 rings (SSSR count). The normalized spacial score (nSPS) is 15.8. The Kier molecular flexibility index (Phi) is 13.4. The first-order chi connectivity index (χ1) is 50.1. The molecule has 0 N–H and O–H groups in total. The number of aromatic nitrogens is 2. The Morgan fingerprint density at radius 3 is 1.29 bits per heavy atom. The SMILES string of the molecule is CC1(C)c2cc(C#N)ccc2-c2ccc(-c3c4ccccc4c(-n4c5ccccc5c5c6c(ccc54)-c4ccccc4P6(=O)c4ccccc4)c4ccccc34)cc21.O=P1(c2ccccc2)c2ccccc2-c2ccc3c(c21)c1ccccc1n3-c1ccc(-c2ccc(-c3ccccc3)s2)cc1. The van der Waals surface area contributed by atoms with E-state index in [2.05, 4.69) is 284 Å². The summed E-state index contributed by atoms with van der Waals surface area (Å²) in [7, 11) is -6.36. The fraction of sp³-hybridized carbons (Fsp3) is 0.0319. The third-order valence-corrected chi connectivity index (χ3v) is 29.4. The molecule has 2 unspecified atom stereocenters. The van der Waals surface area contributed by atoms with E-state index in [0.717, 1.165) is 120 Å². The van der Waals surface area contributed by atoms with Crippen LogP contribution in [0.25, 0.3) is 142 Å². The van der Waals surface area contributed by atoms with Crippen molar-refractivity contribution in [1.29, 1.82) is 5.26 Å². The standard InChI is InChI=1S/C54H35N2OP.C40H26NOPS/c1-54(2)45-30-33(32-55)24-26-36(45)37-27-25-34(31-46(37)54)50-39-17-6-8-19-41(39)52(42-20-9-7-18-40(42)50)56-47-22-12-10-21-44(47)51-48(56)29-28-43-38-16-11-13-23-49(38)58(57,53(43)51)35-14-4-3-5-15-35;42-43(30-13-5-2-6-14-30)36-18-10-8-15-31(36)32-23-24-35-39(40(32)43)33-16-7-9-17-34(33)41(35)29-21-19-28(20-22-29)38-26-25-37(44-38)27-11-3-1-4-12-27/h3-31H,1-2H3;1-26H. The summed E-state index contributed by atoms with van der Waals surface area (Å²) in [6, 6.07) is 119. The van der Waals surface area contributed by atoms with Gasteiger partial charge in [-0.3, -0.25) is 0 Å². The van der Waals surface area contributed by atoms with Gasteiger partial charge in [0.2, 0.25) is 0 Å². The van der Waals surface area contributed by atoms with E-state index >= 15 is 9.13 Å². The molecule has 480 valence electrons. The van der Waals surface area contributed by atoms with Crippen LogP contribution < -0.4 is 31.8 Å². The van der Waals surface area contributed by atoms with Crippen molar-refractivity contribution in [3.63, 3.8) is 0 Å². The molecule has 0 radical (unpaired) electrons. The van der Waals surface area contributed by atoms with Crippen molar-refractivity contribution in [2.24, 2.45) is 0 Å². The number of fused-ring (bicyclic) bond motifs is 19. The Labute approximate surface area is 594 Å². The molecule has 0 fully saturated rings. The molecule has 2 atom stereocenters. The number of rotatable bonds is 7. The number of thiophene rings is 1. The van der Waals surface area contributed by atoms with Crippen LogP contribution in [0.4, 0.5) is 0 Å². The van der Waals surface area contributed by atoms with Gasteiger partial charge in [-0.05, 0) is 144 Å². The van der Waals surface area contributed by atoms with Gasteiger partial charge in [0, 0.05) is 85.0 Å². The summed E-state index contributed by atoms with van der Waals surface area (Å²) < 4.78 is 36.4. The molecule has 5 heterocycles. The molecule has 8 heteroatoms. The lowest BCUT2D eigenvalue weighted by atomic mass is 9.80. The van der Waals surface area contributed by atoms with E-state index in [1.165, 1.54) is 65.0 Å². The van der Waals surface area contributed by atoms with Crippen LogP contribution in [0.15, 0.2) is 334 Å². The molecule has 0 spiro atoms. The van der Waals surface area contributed by atoms with E-state index in [1.807, 2.05) is 90.2 Å². The topological polar surface area (TPSA) is 67.8 Å². The molecule has 102 heavy (non-hydrogen) atoms. The second kappa shape index (κ2) is 22.8. The number of nitrogens with zero attached hydrogens (tertiary/aromatic N) is 3. The maximum atomic E-state index is 16.1. The molecule has 18 aromatic rings. The first-order valence-electron chi connectivity index (χ1n) is 34.7. The van der Waals surface area contributed by atoms with Gasteiger partial charge >= 0.3 is 0 Å². The van der Waals surface area contributed by atoms with Crippen molar-refractivity contribution >= 4 is 123 Å². The molecular weight excluding hydrogens is 1300 g/mol. The second-order valence-electron chi connectivity index (χ2n) is 27.5. The highest BCUT2D eigenvalue weighted by molar-refractivity contribution is 7.87. The van der Waals surface area contributed by atoms with Gasteiger partial charge in [-0.2, -0.15) is 5.26 Å². The Balaban J connectivity index is 0.000000142. The van der Waals surface area contributed by atoms with E-state index in [0.29, 0.717) is 5.56 Å². The third kappa shape index (κ3) is 8.57.